The fourth-order valence-corrected chi connectivity index (χ4v) is 2.70. The molecule has 0 unspecified atom stereocenters. The van der Waals surface area contributed by atoms with E-state index in [9.17, 15) is 14.4 Å². The predicted molar refractivity (Wildman–Crippen MR) is 99.3 cm³/mol. The molecule has 1 aromatic carbocycles. The van der Waals surface area contributed by atoms with Crippen molar-refractivity contribution in [3.63, 3.8) is 0 Å². The second-order valence-electron chi connectivity index (χ2n) is 6.32. The number of rotatable bonds is 3. The first-order valence-corrected chi connectivity index (χ1v) is 8.11. The van der Waals surface area contributed by atoms with Crippen LogP contribution in [0.3, 0.4) is 0 Å². The highest BCUT2D eigenvalue weighted by Gasteiger charge is 2.16. The van der Waals surface area contributed by atoms with E-state index in [-0.39, 0.29) is 12.1 Å². The molecule has 0 atom stereocenters. The number of aromatic nitrogens is 4. The summed E-state index contributed by atoms with van der Waals surface area (Å²) in [6, 6.07) is 6.84. The van der Waals surface area contributed by atoms with E-state index < -0.39 is 11.2 Å². The van der Waals surface area contributed by atoms with Gasteiger partial charge in [-0.1, -0.05) is 0 Å². The van der Waals surface area contributed by atoms with Crippen molar-refractivity contribution in [3.8, 4) is 11.4 Å². The van der Waals surface area contributed by atoms with Gasteiger partial charge in [0.15, 0.2) is 11.2 Å². The number of carbonyl (C=O) groups excluding carboxylic acids is 1. The normalized spacial score (nSPS) is 11.1. The van der Waals surface area contributed by atoms with Gasteiger partial charge in [0.25, 0.3) is 5.56 Å². The lowest BCUT2D eigenvalue weighted by Gasteiger charge is -2.10. The second-order valence-corrected chi connectivity index (χ2v) is 6.32. The number of nitrogens with one attached hydrogen (secondary N) is 3. The number of hydrogen-bond donors (Lipinski definition) is 3. The summed E-state index contributed by atoms with van der Waals surface area (Å²) in [5.41, 5.74) is 1.03. The Bertz CT molecular complexity index is 1090. The Kier molecular flexibility index (Phi) is 4.37. The number of benzene rings is 1. The van der Waals surface area contributed by atoms with E-state index in [0.29, 0.717) is 22.7 Å². The molecule has 2 heterocycles. The zero-order chi connectivity index (χ0) is 19.0. The number of imidazole rings is 1. The number of fused-ring (bicyclic) bond motifs is 1. The Morgan fingerprint density at radius 2 is 1.77 bits per heavy atom. The van der Waals surface area contributed by atoms with Gasteiger partial charge in [0.05, 0.1) is 0 Å². The van der Waals surface area contributed by atoms with E-state index in [4.69, 9.17) is 0 Å². The molecule has 0 aliphatic heterocycles. The van der Waals surface area contributed by atoms with E-state index in [0.717, 1.165) is 5.56 Å². The molecule has 3 aromatic rings. The molecule has 2 aromatic heterocycles. The van der Waals surface area contributed by atoms with Gasteiger partial charge in [-0.25, -0.2) is 14.6 Å². The molecule has 0 aliphatic carbocycles. The van der Waals surface area contributed by atoms with Crippen LogP contribution >= 0.6 is 0 Å². The van der Waals surface area contributed by atoms with Gasteiger partial charge in [0, 0.05) is 31.4 Å². The zero-order valence-corrected chi connectivity index (χ0v) is 15.0. The van der Waals surface area contributed by atoms with Gasteiger partial charge in [-0.3, -0.25) is 14.3 Å². The van der Waals surface area contributed by atoms with Gasteiger partial charge in [0.1, 0.15) is 5.82 Å². The van der Waals surface area contributed by atoms with Crippen molar-refractivity contribution >= 4 is 22.9 Å². The van der Waals surface area contributed by atoms with Crippen LogP contribution in [-0.2, 0) is 14.1 Å². The maximum atomic E-state index is 12.1. The third-order valence-corrected chi connectivity index (χ3v) is 3.96. The first kappa shape index (κ1) is 17.5. The summed E-state index contributed by atoms with van der Waals surface area (Å²) in [6.07, 6.45) is 0. The summed E-state index contributed by atoms with van der Waals surface area (Å²) in [7, 11) is 3.27. The monoisotopic (exact) mass is 356 g/mol. The van der Waals surface area contributed by atoms with Crippen molar-refractivity contribution in [2.75, 3.05) is 5.32 Å². The molecule has 0 bridgehead atoms. The molecule has 0 saturated heterocycles. The van der Waals surface area contributed by atoms with Crippen LogP contribution in [0.2, 0.25) is 0 Å². The van der Waals surface area contributed by atoms with Crippen LogP contribution in [0.15, 0.2) is 33.9 Å². The number of aromatic amines is 1. The topological polar surface area (TPSA) is 114 Å². The minimum absolute atomic E-state index is 0.0407. The van der Waals surface area contributed by atoms with Gasteiger partial charge >= 0.3 is 11.7 Å². The van der Waals surface area contributed by atoms with E-state index in [2.05, 4.69) is 20.6 Å². The Labute approximate surface area is 148 Å². The maximum Gasteiger partial charge on any atom is 0.329 e. The first-order valence-electron chi connectivity index (χ1n) is 8.11. The molecule has 0 fully saturated rings. The van der Waals surface area contributed by atoms with Gasteiger partial charge in [-0.05, 0) is 38.1 Å². The summed E-state index contributed by atoms with van der Waals surface area (Å²) in [6.45, 7) is 3.76. The lowest BCUT2D eigenvalue weighted by Crippen LogP contribution is -2.34. The molecule has 0 radical (unpaired) electrons. The van der Waals surface area contributed by atoms with Crippen molar-refractivity contribution < 1.29 is 4.79 Å². The highest BCUT2D eigenvalue weighted by molar-refractivity contribution is 5.89. The molecule has 3 N–H and O–H groups in total. The van der Waals surface area contributed by atoms with Crippen LogP contribution in [0.25, 0.3) is 22.6 Å². The Morgan fingerprint density at radius 3 is 2.38 bits per heavy atom. The number of hydrogen-bond acceptors (Lipinski definition) is 4. The molecule has 3 rings (SSSR count). The number of H-pyrrole nitrogens is 1. The molecule has 9 nitrogen and oxygen atoms in total. The Morgan fingerprint density at radius 1 is 1.12 bits per heavy atom. The lowest BCUT2D eigenvalue weighted by molar-refractivity contribution is 0.250. The van der Waals surface area contributed by atoms with Crippen LogP contribution in [0.1, 0.15) is 13.8 Å². The Balaban J connectivity index is 1.97. The van der Waals surface area contributed by atoms with E-state index in [1.807, 2.05) is 13.8 Å². The molecular weight excluding hydrogens is 336 g/mol. The molecule has 2 amide bonds. The Hall–Kier alpha value is -3.36. The largest absolute Gasteiger partial charge is 0.336 e. The van der Waals surface area contributed by atoms with Crippen molar-refractivity contribution in [3.05, 3.63) is 45.1 Å². The molecule has 0 aliphatic rings. The molecule has 136 valence electrons. The number of carbonyl (C=O) groups is 1. The van der Waals surface area contributed by atoms with Crippen molar-refractivity contribution in [1.29, 1.82) is 0 Å². The van der Waals surface area contributed by atoms with E-state index in [1.54, 1.807) is 42.9 Å². The standard InChI is InChI=1S/C17H20N6O3/c1-9(2)18-16(25)19-11-7-5-10(6-8-11)13-20-14-12(22(13)3)15(24)21-17(26)23(14)4/h5-9H,1-4H3,(H2,18,19,25)(H,21,24,26). The first-order chi connectivity index (χ1) is 12.3. The summed E-state index contributed by atoms with van der Waals surface area (Å²) in [5.74, 6) is 0.546. The molecule has 26 heavy (non-hydrogen) atoms. The zero-order valence-electron chi connectivity index (χ0n) is 15.0. The maximum absolute atomic E-state index is 12.1. The number of aryl methyl sites for hydroxylation is 2. The third kappa shape index (κ3) is 3.10. The average molecular weight is 356 g/mol. The fraction of sp³-hybridized carbons (Fsp3) is 0.294. The number of urea groups is 1. The summed E-state index contributed by atoms with van der Waals surface area (Å²) in [5, 5.41) is 5.49. The minimum Gasteiger partial charge on any atom is -0.336 e. The van der Waals surface area contributed by atoms with Crippen molar-refractivity contribution in [1.82, 2.24) is 24.4 Å². The van der Waals surface area contributed by atoms with Gasteiger partial charge in [-0.2, -0.15) is 0 Å². The predicted octanol–water partition coefficient (Wildman–Crippen LogP) is 1.16. The molecular formula is C17H20N6O3. The average Bonchev–Trinajstić information content (AvgIpc) is 2.91. The van der Waals surface area contributed by atoms with Crippen molar-refractivity contribution in [2.45, 2.75) is 19.9 Å². The van der Waals surface area contributed by atoms with E-state index in [1.165, 1.54) is 4.57 Å². The van der Waals surface area contributed by atoms with Crippen LogP contribution in [-0.4, -0.2) is 31.2 Å². The van der Waals surface area contributed by atoms with Gasteiger partial charge in [-0.15, -0.1) is 0 Å². The summed E-state index contributed by atoms with van der Waals surface area (Å²) in [4.78, 5) is 42.3. The minimum atomic E-state index is -0.511. The van der Waals surface area contributed by atoms with E-state index >= 15 is 0 Å². The summed E-state index contributed by atoms with van der Waals surface area (Å²) >= 11 is 0. The van der Waals surface area contributed by atoms with Crippen LogP contribution in [0, 0.1) is 0 Å². The van der Waals surface area contributed by atoms with Gasteiger partial charge in [0.2, 0.25) is 0 Å². The molecule has 9 heteroatoms. The molecule has 0 saturated carbocycles. The third-order valence-electron chi connectivity index (χ3n) is 3.96. The van der Waals surface area contributed by atoms with Gasteiger partial charge < -0.3 is 15.2 Å². The van der Waals surface area contributed by atoms with Crippen molar-refractivity contribution in [2.24, 2.45) is 14.1 Å². The quantitative estimate of drug-likeness (QED) is 0.653. The number of anilines is 1. The lowest BCUT2D eigenvalue weighted by atomic mass is 10.2. The van der Waals surface area contributed by atoms with Crippen LogP contribution < -0.4 is 21.9 Å². The molecule has 0 spiro atoms. The van der Waals surface area contributed by atoms with Crippen LogP contribution in [0.5, 0.6) is 0 Å². The number of nitrogens with zero attached hydrogens (tertiary/aromatic N) is 3. The highest BCUT2D eigenvalue weighted by Crippen LogP contribution is 2.22. The number of amides is 2. The van der Waals surface area contributed by atoms with Crippen LogP contribution in [0.4, 0.5) is 10.5 Å². The summed E-state index contributed by atoms with van der Waals surface area (Å²) < 4.78 is 2.94. The smallest absolute Gasteiger partial charge is 0.329 e. The highest BCUT2D eigenvalue weighted by atomic mass is 16.2. The fourth-order valence-electron chi connectivity index (χ4n) is 2.70. The SMILES string of the molecule is CC(C)NC(=O)Nc1ccc(-c2nc3c(c(=O)[nH]c(=O)n3C)n2C)cc1. The second kappa shape index (κ2) is 6.51.